The maximum atomic E-state index is 9.25. The number of aliphatic hydroxyl groups excluding tert-OH is 1. The molecule has 3 N–H and O–H groups in total. The van der Waals surface area contributed by atoms with Gasteiger partial charge >= 0.3 is 0 Å². The highest BCUT2D eigenvalue weighted by Gasteiger charge is 2.12. The summed E-state index contributed by atoms with van der Waals surface area (Å²) in [5, 5.41) is 18.1. The summed E-state index contributed by atoms with van der Waals surface area (Å²) in [6, 6.07) is 5.54. The maximum Gasteiger partial charge on any atom is 0.203 e. The fourth-order valence-corrected chi connectivity index (χ4v) is 3.76. The first kappa shape index (κ1) is 14.6. The number of hydrogen-bond donors (Lipinski definition) is 2. The minimum absolute atomic E-state index is 0.0431. The average molecular weight is 342 g/mol. The Morgan fingerprint density at radius 3 is 2.95 bits per heavy atom. The number of nitrogens with zero attached hydrogens (tertiary/aromatic N) is 4. The van der Waals surface area contributed by atoms with E-state index in [1.165, 1.54) is 23.1 Å². The predicted molar refractivity (Wildman–Crippen MR) is 85.7 cm³/mol. The molecule has 9 heteroatoms. The SMILES string of the molecule is Nc1nnc(SCc2nc3ccc(Cl)cc3n2CCO)s1. The second-order valence-corrected chi connectivity index (χ2v) is 6.90. The molecular weight excluding hydrogens is 330 g/mol. The third kappa shape index (κ3) is 3.13. The van der Waals surface area contributed by atoms with Gasteiger partial charge in [0.1, 0.15) is 5.82 Å². The normalized spacial score (nSPS) is 11.3. The monoisotopic (exact) mass is 341 g/mol. The van der Waals surface area contributed by atoms with Crippen molar-refractivity contribution in [3.63, 3.8) is 0 Å². The number of imidazole rings is 1. The van der Waals surface area contributed by atoms with Crippen molar-refractivity contribution in [2.45, 2.75) is 16.6 Å². The van der Waals surface area contributed by atoms with Gasteiger partial charge in [0, 0.05) is 11.6 Å². The van der Waals surface area contributed by atoms with E-state index in [0.29, 0.717) is 22.5 Å². The minimum Gasteiger partial charge on any atom is -0.395 e. The Bertz CT molecular complexity index is 772. The lowest BCUT2D eigenvalue weighted by Gasteiger charge is -2.06. The van der Waals surface area contributed by atoms with E-state index in [1.807, 2.05) is 22.8 Å². The van der Waals surface area contributed by atoms with Crippen LogP contribution in [-0.4, -0.2) is 31.5 Å². The quantitative estimate of drug-likeness (QED) is 0.693. The maximum absolute atomic E-state index is 9.25. The Balaban J connectivity index is 1.91. The molecule has 110 valence electrons. The molecule has 0 aliphatic rings. The Hall–Kier alpha value is -1.35. The molecule has 0 saturated heterocycles. The molecule has 3 rings (SSSR count). The van der Waals surface area contributed by atoms with Crippen molar-refractivity contribution in [1.29, 1.82) is 0 Å². The van der Waals surface area contributed by atoms with Crippen LogP contribution >= 0.6 is 34.7 Å². The van der Waals surface area contributed by atoms with Gasteiger partial charge in [0.25, 0.3) is 0 Å². The molecule has 21 heavy (non-hydrogen) atoms. The molecule has 6 nitrogen and oxygen atoms in total. The van der Waals surface area contributed by atoms with Crippen molar-refractivity contribution in [1.82, 2.24) is 19.7 Å². The summed E-state index contributed by atoms with van der Waals surface area (Å²) in [4.78, 5) is 4.59. The topological polar surface area (TPSA) is 89.9 Å². The van der Waals surface area contributed by atoms with E-state index in [2.05, 4.69) is 15.2 Å². The Labute approximate surface area is 134 Å². The fourth-order valence-electron chi connectivity index (χ4n) is 2.01. The van der Waals surface area contributed by atoms with Crippen molar-refractivity contribution >= 4 is 50.9 Å². The summed E-state index contributed by atoms with van der Waals surface area (Å²) in [6.07, 6.45) is 0. The highest BCUT2D eigenvalue weighted by Crippen LogP contribution is 2.28. The number of thioether (sulfide) groups is 1. The Morgan fingerprint density at radius 2 is 2.24 bits per heavy atom. The number of nitrogen functional groups attached to an aromatic ring is 1. The van der Waals surface area contributed by atoms with Crippen LogP contribution < -0.4 is 5.73 Å². The molecule has 2 aromatic heterocycles. The van der Waals surface area contributed by atoms with E-state index in [-0.39, 0.29) is 6.61 Å². The first-order chi connectivity index (χ1) is 10.2. The molecule has 0 saturated carbocycles. The lowest BCUT2D eigenvalue weighted by Crippen LogP contribution is -2.06. The van der Waals surface area contributed by atoms with Crippen LogP contribution in [0.1, 0.15) is 5.82 Å². The molecule has 1 aromatic carbocycles. The summed E-state index contributed by atoms with van der Waals surface area (Å²) in [6.45, 7) is 0.520. The smallest absolute Gasteiger partial charge is 0.203 e. The first-order valence-corrected chi connectivity index (χ1v) is 8.32. The number of halogens is 1. The van der Waals surface area contributed by atoms with Crippen LogP contribution in [0.3, 0.4) is 0 Å². The van der Waals surface area contributed by atoms with Gasteiger partial charge in [0.2, 0.25) is 5.13 Å². The number of nitrogens with two attached hydrogens (primary N) is 1. The molecule has 0 radical (unpaired) electrons. The minimum atomic E-state index is 0.0431. The van der Waals surface area contributed by atoms with Gasteiger partial charge in [0.15, 0.2) is 4.34 Å². The van der Waals surface area contributed by atoms with E-state index >= 15 is 0 Å². The van der Waals surface area contributed by atoms with Crippen molar-refractivity contribution in [2.75, 3.05) is 12.3 Å². The van der Waals surface area contributed by atoms with Crippen LogP contribution in [0.4, 0.5) is 5.13 Å². The second kappa shape index (κ2) is 6.18. The highest BCUT2D eigenvalue weighted by molar-refractivity contribution is 8.00. The molecule has 0 aliphatic carbocycles. The van der Waals surface area contributed by atoms with Gasteiger partial charge in [-0.3, -0.25) is 0 Å². The number of aliphatic hydroxyl groups is 1. The fraction of sp³-hybridized carbons (Fsp3) is 0.250. The number of rotatable bonds is 5. The Kier molecular flexibility index (Phi) is 4.29. The van der Waals surface area contributed by atoms with Gasteiger partial charge in [-0.05, 0) is 18.2 Å². The molecule has 0 amide bonds. The zero-order valence-corrected chi connectivity index (χ0v) is 13.3. The highest BCUT2D eigenvalue weighted by atomic mass is 35.5. The van der Waals surface area contributed by atoms with Gasteiger partial charge in [-0.1, -0.05) is 34.7 Å². The van der Waals surface area contributed by atoms with Crippen molar-refractivity contribution in [2.24, 2.45) is 0 Å². The van der Waals surface area contributed by atoms with E-state index in [9.17, 15) is 5.11 Å². The number of fused-ring (bicyclic) bond motifs is 1. The number of anilines is 1. The number of benzene rings is 1. The lowest BCUT2D eigenvalue weighted by atomic mass is 10.3. The van der Waals surface area contributed by atoms with E-state index in [4.69, 9.17) is 17.3 Å². The first-order valence-electron chi connectivity index (χ1n) is 6.14. The standard InChI is InChI=1S/C12H12ClN5OS2/c13-7-1-2-8-9(5-7)18(3-4-19)10(15-8)6-20-12-17-16-11(14)21-12/h1-2,5,19H,3-4,6H2,(H2,14,16). The number of hydrogen-bond acceptors (Lipinski definition) is 7. The van der Waals surface area contributed by atoms with Crippen LogP contribution in [0, 0.1) is 0 Å². The molecule has 2 heterocycles. The molecule has 0 atom stereocenters. The molecule has 0 spiro atoms. The molecule has 0 aliphatic heterocycles. The molecule has 3 aromatic rings. The second-order valence-electron chi connectivity index (χ2n) is 4.23. The molecule has 0 bridgehead atoms. The third-order valence-corrected chi connectivity index (χ3v) is 4.98. The summed E-state index contributed by atoms with van der Waals surface area (Å²) < 4.78 is 2.77. The van der Waals surface area contributed by atoms with Gasteiger partial charge in [-0.25, -0.2) is 4.98 Å². The van der Waals surface area contributed by atoms with Gasteiger partial charge < -0.3 is 15.4 Å². The third-order valence-electron chi connectivity index (χ3n) is 2.86. The van der Waals surface area contributed by atoms with Gasteiger partial charge in [-0.2, -0.15) is 0 Å². The van der Waals surface area contributed by atoms with Crippen LogP contribution in [0.5, 0.6) is 0 Å². The van der Waals surface area contributed by atoms with Gasteiger partial charge in [-0.15, -0.1) is 10.2 Å². The predicted octanol–water partition coefficient (Wildman–Crippen LogP) is 2.41. The molecular formula is C12H12ClN5OS2. The summed E-state index contributed by atoms with van der Waals surface area (Å²) in [7, 11) is 0. The van der Waals surface area contributed by atoms with Crippen molar-refractivity contribution < 1.29 is 5.11 Å². The van der Waals surface area contributed by atoms with E-state index in [0.717, 1.165) is 21.2 Å². The number of aromatic nitrogens is 4. The van der Waals surface area contributed by atoms with Crippen LogP contribution in [0.15, 0.2) is 22.5 Å². The summed E-state index contributed by atoms with van der Waals surface area (Å²) in [5.74, 6) is 1.49. The zero-order chi connectivity index (χ0) is 14.8. The largest absolute Gasteiger partial charge is 0.395 e. The molecule has 0 fully saturated rings. The lowest BCUT2D eigenvalue weighted by molar-refractivity contribution is 0.276. The van der Waals surface area contributed by atoms with E-state index < -0.39 is 0 Å². The van der Waals surface area contributed by atoms with Crippen LogP contribution in [-0.2, 0) is 12.3 Å². The average Bonchev–Trinajstić information content (AvgIpc) is 3.02. The van der Waals surface area contributed by atoms with Crippen LogP contribution in [0.2, 0.25) is 5.02 Å². The zero-order valence-electron chi connectivity index (χ0n) is 10.9. The van der Waals surface area contributed by atoms with E-state index in [1.54, 1.807) is 0 Å². The molecule has 0 unspecified atom stereocenters. The summed E-state index contributed by atoms with van der Waals surface area (Å²) in [5.41, 5.74) is 7.35. The van der Waals surface area contributed by atoms with Crippen LogP contribution in [0.25, 0.3) is 11.0 Å². The van der Waals surface area contributed by atoms with Gasteiger partial charge in [0.05, 0.1) is 23.4 Å². The van der Waals surface area contributed by atoms with Crippen molar-refractivity contribution in [3.05, 3.63) is 29.0 Å². The Morgan fingerprint density at radius 1 is 1.38 bits per heavy atom. The summed E-state index contributed by atoms with van der Waals surface area (Å²) >= 11 is 8.90. The van der Waals surface area contributed by atoms with Crippen molar-refractivity contribution in [3.8, 4) is 0 Å².